The Morgan fingerprint density at radius 3 is 1.54 bits per heavy atom. The number of benzene rings is 9. The molecule has 56 heavy (non-hydrogen) atoms. The van der Waals surface area contributed by atoms with E-state index in [0.29, 0.717) is 11.1 Å². The lowest BCUT2D eigenvalue weighted by molar-refractivity contribution is 1.18. The predicted molar refractivity (Wildman–Crippen MR) is 231 cm³/mol. The zero-order chi connectivity index (χ0) is 37.1. The van der Waals surface area contributed by atoms with E-state index < -0.39 is 0 Å². The molecule has 256 valence electrons. The van der Waals surface area contributed by atoms with Crippen molar-refractivity contribution >= 4 is 81.4 Å². The van der Waals surface area contributed by atoms with Gasteiger partial charge in [0, 0.05) is 38.0 Å². The van der Waals surface area contributed by atoms with Gasteiger partial charge < -0.3 is 8.97 Å². The first-order chi connectivity index (χ1) is 27.6. The lowest BCUT2D eigenvalue weighted by atomic mass is 9.97. The van der Waals surface area contributed by atoms with Gasteiger partial charge in [0.25, 0.3) is 0 Å². The number of rotatable bonds is 3. The standard InChI is InChI=1S/C52H28N4/c53-29-31-10-14-33(15-11-31)35-18-20-37-24-43-44-28-49-50(42-8-4-5-9-46(42)55(49)41-6-2-1-3-7-41)51-45-25-38-21-19-36(34-16-12-32(30-54)13-17-34)23-40(38)27-48(45)56(52(44)51)47(43)26-39(37)22-35/h1-28H. The van der Waals surface area contributed by atoms with Gasteiger partial charge in [-0.2, -0.15) is 10.5 Å². The Bertz CT molecular complexity index is 3690. The minimum atomic E-state index is 0.658. The second-order valence-corrected chi connectivity index (χ2v) is 14.8. The number of aromatic nitrogens is 2. The van der Waals surface area contributed by atoms with Gasteiger partial charge in [0.15, 0.2) is 0 Å². The van der Waals surface area contributed by atoms with Crippen LogP contribution in [0.1, 0.15) is 11.1 Å². The van der Waals surface area contributed by atoms with Crippen LogP contribution in [-0.4, -0.2) is 8.97 Å². The average Bonchev–Trinajstić information content (AvgIpc) is 3.88. The van der Waals surface area contributed by atoms with Crippen molar-refractivity contribution in [1.82, 2.24) is 8.97 Å². The molecule has 0 saturated carbocycles. The number of hydrogen-bond donors (Lipinski definition) is 0. The van der Waals surface area contributed by atoms with Crippen molar-refractivity contribution in [3.63, 3.8) is 0 Å². The highest BCUT2D eigenvalue weighted by atomic mass is 15.0. The van der Waals surface area contributed by atoms with Gasteiger partial charge in [0.05, 0.1) is 50.8 Å². The normalized spacial score (nSPS) is 11.9. The zero-order valence-corrected chi connectivity index (χ0v) is 30.0. The van der Waals surface area contributed by atoms with Crippen molar-refractivity contribution in [2.45, 2.75) is 0 Å². The van der Waals surface area contributed by atoms with E-state index in [4.69, 9.17) is 0 Å². The Hall–Kier alpha value is -7.92. The van der Waals surface area contributed by atoms with Crippen molar-refractivity contribution in [2.75, 3.05) is 0 Å². The second kappa shape index (κ2) is 11.3. The summed E-state index contributed by atoms with van der Waals surface area (Å²) in [6.45, 7) is 0. The van der Waals surface area contributed by atoms with Crippen molar-refractivity contribution < 1.29 is 0 Å². The highest BCUT2D eigenvalue weighted by molar-refractivity contribution is 6.37. The summed E-state index contributed by atoms with van der Waals surface area (Å²) >= 11 is 0. The van der Waals surface area contributed by atoms with E-state index in [1.165, 1.54) is 81.4 Å². The smallest absolute Gasteiger partial charge is 0.0991 e. The molecule has 0 spiro atoms. The molecule has 0 aliphatic heterocycles. The van der Waals surface area contributed by atoms with E-state index in [1.54, 1.807) is 0 Å². The summed E-state index contributed by atoms with van der Waals surface area (Å²) in [4.78, 5) is 0. The molecule has 0 bridgehead atoms. The first-order valence-corrected chi connectivity index (χ1v) is 18.8. The molecule has 4 nitrogen and oxygen atoms in total. The van der Waals surface area contributed by atoms with Crippen LogP contribution in [0.3, 0.4) is 0 Å². The fraction of sp³-hybridized carbons (Fsp3) is 0. The maximum absolute atomic E-state index is 9.39. The number of nitriles is 2. The fourth-order valence-corrected chi connectivity index (χ4v) is 9.23. The summed E-state index contributed by atoms with van der Waals surface area (Å²) in [6.07, 6.45) is 0. The second-order valence-electron chi connectivity index (χ2n) is 14.8. The van der Waals surface area contributed by atoms with Crippen molar-refractivity contribution in [2.24, 2.45) is 0 Å². The van der Waals surface area contributed by atoms with Crippen LogP contribution in [0.15, 0.2) is 170 Å². The molecule has 4 heteroatoms. The Balaban J connectivity index is 1.22. The van der Waals surface area contributed by atoms with E-state index in [0.717, 1.165) is 27.9 Å². The fourth-order valence-electron chi connectivity index (χ4n) is 9.23. The largest absolute Gasteiger partial charge is 0.309 e. The van der Waals surface area contributed by atoms with Gasteiger partial charge in [-0.05, 0) is 129 Å². The zero-order valence-electron chi connectivity index (χ0n) is 30.0. The Kier molecular flexibility index (Phi) is 6.16. The monoisotopic (exact) mass is 708 g/mol. The molecule has 0 saturated heterocycles. The third-order valence-corrected chi connectivity index (χ3v) is 11.8. The quantitative estimate of drug-likeness (QED) is 0.183. The molecular formula is C52H28N4. The molecule has 3 aromatic heterocycles. The molecule has 0 unspecified atom stereocenters. The number of fused-ring (bicyclic) bond motifs is 12. The summed E-state index contributed by atoms with van der Waals surface area (Å²) in [5.74, 6) is 0. The maximum Gasteiger partial charge on any atom is 0.0991 e. The van der Waals surface area contributed by atoms with Crippen LogP contribution in [0.5, 0.6) is 0 Å². The Labute approximate surface area is 320 Å². The molecule has 0 N–H and O–H groups in total. The third-order valence-electron chi connectivity index (χ3n) is 11.8. The van der Waals surface area contributed by atoms with E-state index >= 15 is 0 Å². The van der Waals surface area contributed by atoms with Crippen LogP contribution in [0.4, 0.5) is 0 Å². The molecule has 0 fully saturated rings. The van der Waals surface area contributed by atoms with Crippen LogP contribution in [-0.2, 0) is 0 Å². The van der Waals surface area contributed by atoms with Gasteiger partial charge in [0.2, 0.25) is 0 Å². The van der Waals surface area contributed by atoms with Crippen LogP contribution >= 0.6 is 0 Å². The van der Waals surface area contributed by atoms with Gasteiger partial charge in [-0.3, -0.25) is 0 Å². The lowest BCUT2D eigenvalue weighted by Gasteiger charge is -2.09. The first-order valence-electron chi connectivity index (χ1n) is 18.8. The van der Waals surface area contributed by atoms with Crippen LogP contribution in [0, 0.1) is 22.7 Å². The summed E-state index contributed by atoms with van der Waals surface area (Å²) < 4.78 is 4.93. The van der Waals surface area contributed by atoms with Crippen molar-refractivity contribution in [3.8, 4) is 40.1 Å². The molecule has 9 aromatic carbocycles. The molecule has 12 rings (SSSR count). The molecule has 0 aliphatic carbocycles. The highest BCUT2D eigenvalue weighted by Gasteiger charge is 2.25. The van der Waals surface area contributed by atoms with Crippen molar-refractivity contribution in [3.05, 3.63) is 181 Å². The van der Waals surface area contributed by atoms with Crippen LogP contribution < -0.4 is 0 Å². The summed E-state index contributed by atoms with van der Waals surface area (Å²) in [5, 5.41) is 30.9. The Morgan fingerprint density at radius 1 is 0.357 bits per heavy atom. The number of nitrogens with zero attached hydrogens (tertiary/aromatic N) is 4. The maximum atomic E-state index is 9.39. The van der Waals surface area contributed by atoms with Gasteiger partial charge in [-0.25, -0.2) is 0 Å². The summed E-state index contributed by atoms with van der Waals surface area (Å²) in [5.41, 5.74) is 12.8. The van der Waals surface area contributed by atoms with E-state index in [1.807, 2.05) is 48.5 Å². The van der Waals surface area contributed by atoms with E-state index in [2.05, 4.69) is 142 Å². The van der Waals surface area contributed by atoms with E-state index in [9.17, 15) is 10.5 Å². The van der Waals surface area contributed by atoms with Crippen LogP contribution in [0.2, 0.25) is 0 Å². The van der Waals surface area contributed by atoms with Gasteiger partial charge >= 0.3 is 0 Å². The van der Waals surface area contributed by atoms with E-state index in [-0.39, 0.29) is 0 Å². The van der Waals surface area contributed by atoms with Gasteiger partial charge in [-0.1, -0.05) is 84.9 Å². The average molecular weight is 709 g/mol. The molecule has 0 amide bonds. The number of para-hydroxylation sites is 2. The van der Waals surface area contributed by atoms with Crippen LogP contribution in [0.25, 0.3) is 109 Å². The highest BCUT2D eigenvalue weighted by Crippen LogP contribution is 2.48. The Morgan fingerprint density at radius 2 is 0.911 bits per heavy atom. The van der Waals surface area contributed by atoms with Gasteiger partial charge in [0.1, 0.15) is 0 Å². The molecule has 0 radical (unpaired) electrons. The third kappa shape index (κ3) is 4.21. The predicted octanol–water partition coefficient (Wildman–Crippen LogP) is 13.3. The lowest BCUT2D eigenvalue weighted by Crippen LogP contribution is -1.92. The summed E-state index contributed by atoms with van der Waals surface area (Å²) in [6, 6.07) is 64.9. The molecule has 0 atom stereocenters. The number of hydrogen-bond acceptors (Lipinski definition) is 2. The molecule has 3 heterocycles. The van der Waals surface area contributed by atoms with Gasteiger partial charge in [-0.15, -0.1) is 0 Å². The SMILES string of the molecule is N#Cc1ccc(-c2ccc3cc4c5cc6c(c7ccccc7n6-c6ccccc6)c6c7cc8ccc(-c9ccc(C#N)cc9)cc8cc7n(c4cc3c2)c56)cc1. The minimum Gasteiger partial charge on any atom is -0.309 e. The molecule has 0 aliphatic rings. The summed E-state index contributed by atoms with van der Waals surface area (Å²) in [7, 11) is 0. The molecule has 12 aromatic rings. The van der Waals surface area contributed by atoms with Crippen molar-refractivity contribution in [1.29, 1.82) is 10.5 Å². The molecular weight excluding hydrogens is 681 g/mol. The topological polar surface area (TPSA) is 56.9 Å². The minimum absolute atomic E-state index is 0.658. The first kappa shape index (κ1) is 30.5.